The Balaban J connectivity index is 1.81. The Labute approximate surface area is 157 Å². The molecule has 2 aromatic rings. The summed E-state index contributed by atoms with van der Waals surface area (Å²) in [4.78, 5) is 27.2. The zero-order valence-electron chi connectivity index (χ0n) is 15.4. The third-order valence-corrected chi connectivity index (χ3v) is 5.70. The standard InChI is InChI=1S/C19H24N4O2S/c1-12-4-5-15(11-23-6-8-26-9-7-23)10-16(12)20-18(24)17-13(2)14(3)21-22-19(17)25/h4-5,10H,6-9,11H2,1-3H3,(H,20,24)(H,22,25). The number of aryl methyl sites for hydroxylation is 2. The van der Waals surface area contributed by atoms with Crippen molar-refractivity contribution in [1.82, 2.24) is 15.1 Å². The molecule has 7 heteroatoms. The van der Waals surface area contributed by atoms with Crippen LogP contribution < -0.4 is 10.9 Å². The summed E-state index contributed by atoms with van der Waals surface area (Å²) in [7, 11) is 0. The molecular weight excluding hydrogens is 348 g/mol. The molecule has 1 aliphatic rings. The van der Waals surface area contributed by atoms with Crippen LogP contribution in [0.15, 0.2) is 23.0 Å². The van der Waals surface area contributed by atoms with Gasteiger partial charge in [-0.3, -0.25) is 14.5 Å². The number of benzene rings is 1. The minimum atomic E-state index is -0.467. The Morgan fingerprint density at radius 1 is 1.27 bits per heavy atom. The normalized spacial score (nSPS) is 15.0. The summed E-state index contributed by atoms with van der Waals surface area (Å²) >= 11 is 1.99. The van der Waals surface area contributed by atoms with Crippen LogP contribution in [0, 0.1) is 20.8 Å². The Bertz CT molecular complexity index is 872. The molecule has 1 aliphatic heterocycles. The Morgan fingerprint density at radius 3 is 2.73 bits per heavy atom. The lowest BCUT2D eigenvalue weighted by Gasteiger charge is -2.26. The molecule has 0 saturated carbocycles. The molecule has 6 nitrogen and oxygen atoms in total. The van der Waals surface area contributed by atoms with Gasteiger partial charge >= 0.3 is 0 Å². The number of H-pyrrole nitrogens is 1. The van der Waals surface area contributed by atoms with Crippen molar-refractivity contribution >= 4 is 23.4 Å². The first-order valence-electron chi connectivity index (χ1n) is 8.72. The summed E-state index contributed by atoms with van der Waals surface area (Å²) in [5.74, 6) is 1.93. The van der Waals surface area contributed by atoms with Gasteiger partial charge in [0.05, 0.1) is 5.69 Å². The quantitative estimate of drug-likeness (QED) is 0.862. The molecule has 0 atom stereocenters. The van der Waals surface area contributed by atoms with E-state index in [0.29, 0.717) is 11.3 Å². The number of aromatic amines is 1. The van der Waals surface area contributed by atoms with Gasteiger partial charge in [0.15, 0.2) is 0 Å². The molecule has 1 amide bonds. The van der Waals surface area contributed by atoms with Crippen molar-refractivity contribution in [3.63, 3.8) is 0 Å². The van der Waals surface area contributed by atoms with Crippen molar-refractivity contribution in [2.45, 2.75) is 27.3 Å². The predicted molar refractivity (Wildman–Crippen MR) is 106 cm³/mol. The fourth-order valence-electron chi connectivity index (χ4n) is 3.00. The van der Waals surface area contributed by atoms with Crippen molar-refractivity contribution in [2.75, 3.05) is 29.9 Å². The number of nitrogens with one attached hydrogen (secondary N) is 2. The van der Waals surface area contributed by atoms with Gasteiger partial charge in [-0.2, -0.15) is 16.9 Å². The molecule has 138 valence electrons. The number of rotatable bonds is 4. The van der Waals surface area contributed by atoms with Gasteiger partial charge in [-0.15, -0.1) is 0 Å². The number of aromatic nitrogens is 2. The molecule has 1 aromatic carbocycles. The van der Waals surface area contributed by atoms with Gasteiger partial charge in [-0.25, -0.2) is 5.10 Å². The highest BCUT2D eigenvalue weighted by atomic mass is 32.2. The van der Waals surface area contributed by atoms with Crippen molar-refractivity contribution in [3.05, 3.63) is 56.5 Å². The van der Waals surface area contributed by atoms with Crippen LogP contribution >= 0.6 is 11.8 Å². The maximum atomic E-state index is 12.7. The van der Waals surface area contributed by atoms with E-state index in [1.165, 1.54) is 11.5 Å². The van der Waals surface area contributed by atoms with Gasteiger partial charge < -0.3 is 5.32 Å². The highest BCUT2D eigenvalue weighted by Crippen LogP contribution is 2.20. The van der Waals surface area contributed by atoms with Crippen LogP contribution in [-0.4, -0.2) is 45.6 Å². The molecule has 26 heavy (non-hydrogen) atoms. The maximum absolute atomic E-state index is 12.7. The molecule has 0 aliphatic carbocycles. The van der Waals surface area contributed by atoms with Gasteiger partial charge in [0.25, 0.3) is 11.5 Å². The van der Waals surface area contributed by atoms with Crippen LogP contribution in [0.3, 0.4) is 0 Å². The van der Waals surface area contributed by atoms with Gasteiger partial charge in [0.2, 0.25) is 0 Å². The molecule has 0 bridgehead atoms. The van der Waals surface area contributed by atoms with Crippen LogP contribution in [-0.2, 0) is 6.54 Å². The monoisotopic (exact) mass is 372 g/mol. The van der Waals surface area contributed by atoms with Gasteiger partial charge in [0.1, 0.15) is 5.56 Å². The van der Waals surface area contributed by atoms with Gasteiger partial charge in [-0.05, 0) is 43.5 Å². The van der Waals surface area contributed by atoms with E-state index >= 15 is 0 Å². The number of nitrogens with zero attached hydrogens (tertiary/aromatic N) is 2. The first kappa shape index (κ1) is 18.7. The second-order valence-corrected chi connectivity index (χ2v) is 7.85. The zero-order chi connectivity index (χ0) is 18.7. The molecule has 2 heterocycles. The number of thioether (sulfide) groups is 1. The average Bonchev–Trinajstić information content (AvgIpc) is 2.62. The van der Waals surface area contributed by atoms with E-state index in [-0.39, 0.29) is 5.56 Å². The molecule has 1 fully saturated rings. The van der Waals surface area contributed by atoms with Crippen LogP contribution in [0.4, 0.5) is 5.69 Å². The number of carbonyl (C=O) groups excluding carboxylic acids is 1. The summed E-state index contributed by atoms with van der Waals surface area (Å²) < 4.78 is 0. The second kappa shape index (κ2) is 8.05. The molecule has 3 rings (SSSR count). The minimum Gasteiger partial charge on any atom is -0.322 e. The van der Waals surface area contributed by atoms with Crippen molar-refractivity contribution in [2.24, 2.45) is 0 Å². The van der Waals surface area contributed by atoms with Crippen LogP contribution in [0.2, 0.25) is 0 Å². The summed E-state index contributed by atoms with van der Waals surface area (Å²) in [6.45, 7) is 8.51. The molecule has 1 aromatic heterocycles. The smallest absolute Gasteiger partial charge is 0.277 e. The number of carbonyl (C=O) groups is 1. The van der Waals surface area contributed by atoms with Crippen molar-refractivity contribution in [3.8, 4) is 0 Å². The van der Waals surface area contributed by atoms with E-state index in [9.17, 15) is 9.59 Å². The molecule has 0 spiro atoms. The van der Waals surface area contributed by atoms with E-state index < -0.39 is 11.5 Å². The number of hydrogen-bond acceptors (Lipinski definition) is 5. The zero-order valence-corrected chi connectivity index (χ0v) is 16.2. The molecule has 1 saturated heterocycles. The summed E-state index contributed by atoms with van der Waals surface area (Å²) in [6.07, 6.45) is 0. The van der Waals surface area contributed by atoms with E-state index in [0.717, 1.165) is 36.4 Å². The fraction of sp³-hybridized carbons (Fsp3) is 0.421. The minimum absolute atomic E-state index is 0.121. The molecule has 0 radical (unpaired) electrons. The lowest BCUT2D eigenvalue weighted by atomic mass is 10.1. The Hall–Kier alpha value is -2.12. The first-order valence-corrected chi connectivity index (χ1v) is 9.88. The molecule has 2 N–H and O–H groups in total. The highest BCUT2D eigenvalue weighted by Gasteiger charge is 2.18. The maximum Gasteiger partial charge on any atom is 0.277 e. The second-order valence-electron chi connectivity index (χ2n) is 6.63. The third kappa shape index (κ3) is 4.16. The lowest BCUT2D eigenvalue weighted by Crippen LogP contribution is -2.32. The largest absolute Gasteiger partial charge is 0.322 e. The van der Waals surface area contributed by atoms with Crippen LogP contribution in [0.5, 0.6) is 0 Å². The van der Waals surface area contributed by atoms with E-state index in [4.69, 9.17) is 0 Å². The summed E-state index contributed by atoms with van der Waals surface area (Å²) in [5.41, 5.74) is 3.77. The predicted octanol–water partition coefficient (Wildman–Crippen LogP) is 2.50. The number of anilines is 1. The Kier molecular flexibility index (Phi) is 5.78. The molecular formula is C19H24N4O2S. The van der Waals surface area contributed by atoms with E-state index in [1.54, 1.807) is 13.8 Å². The first-order chi connectivity index (χ1) is 12.5. The van der Waals surface area contributed by atoms with Crippen molar-refractivity contribution < 1.29 is 4.79 Å². The average molecular weight is 372 g/mol. The van der Waals surface area contributed by atoms with Crippen molar-refractivity contribution in [1.29, 1.82) is 0 Å². The summed E-state index contributed by atoms with van der Waals surface area (Å²) in [5, 5.41) is 9.18. The Morgan fingerprint density at radius 2 is 2.00 bits per heavy atom. The van der Waals surface area contributed by atoms with Gasteiger partial charge in [0, 0.05) is 36.8 Å². The number of hydrogen-bond donors (Lipinski definition) is 2. The SMILES string of the molecule is Cc1ccc(CN2CCSCC2)cc1NC(=O)c1c(C)c(C)n[nH]c1=O. The van der Waals surface area contributed by atoms with Crippen LogP contribution in [0.1, 0.15) is 32.7 Å². The third-order valence-electron chi connectivity index (χ3n) is 4.76. The van der Waals surface area contributed by atoms with E-state index in [1.807, 2.05) is 30.8 Å². The number of amides is 1. The topological polar surface area (TPSA) is 78.1 Å². The lowest BCUT2D eigenvalue weighted by molar-refractivity contribution is 0.102. The fourth-order valence-corrected chi connectivity index (χ4v) is 3.98. The summed E-state index contributed by atoms with van der Waals surface area (Å²) in [6, 6.07) is 6.12. The molecule has 0 unspecified atom stereocenters. The van der Waals surface area contributed by atoms with Crippen LogP contribution in [0.25, 0.3) is 0 Å². The van der Waals surface area contributed by atoms with Gasteiger partial charge in [-0.1, -0.05) is 12.1 Å². The highest BCUT2D eigenvalue weighted by molar-refractivity contribution is 7.99. The van der Waals surface area contributed by atoms with E-state index in [2.05, 4.69) is 26.5 Å².